The third-order valence-electron chi connectivity index (χ3n) is 4.24. The molecule has 3 heterocycles. The second-order valence-corrected chi connectivity index (χ2v) is 8.28. The molecule has 1 aromatic carbocycles. The summed E-state index contributed by atoms with van der Waals surface area (Å²) in [5.41, 5.74) is 1.21. The number of rotatable bonds is 7. The number of benzene rings is 1. The van der Waals surface area contributed by atoms with E-state index in [9.17, 15) is 4.39 Å². The highest BCUT2D eigenvalue weighted by Gasteiger charge is 2.13. The Kier molecular flexibility index (Phi) is 5.54. The molecule has 0 atom stereocenters. The van der Waals surface area contributed by atoms with Crippen LogP contribution in [0.4, 0.5) is 4.39 Å². The SMILES string of the molecule is Cc1ccc(-c2noc(CCCSc3nnc(-c4cccs4)n3C)n2)cc1F. The lowest BCUT2D eigenvalue weighted by molar-refractivity contribution is 0.378. The predicted molar refractivity (Wildman–Crippen MR) is 108 cm³/mol. The Hall–Kier alpha value is -2.52. The first-order chi connectivity index (χ1) is 13.6. The maximum Gasteiger partial charge on any atom is 0.226 e. The first kappa shape index (κ1) is 18.8. The molecule has 0 aliphatic rings. The second kappa shape index (κ2) is 8.24. The Morgan fingerprint density at radius 3 is 2.93 bits per heavy atom. The molecule has 3 aromatic heterocycles. The summed E-state index contributed by atoms with van der Waals surface area (Å²) in [7, 11) is 1.97. The maximum absolute atomic E-state index is 13.7. The van der Waals surface area contributed by atoms with Crippen LogP contribution in [0.5, 0.6) is 0 Å². The minimum atomic E-state index is -0.272. The van der Waals surface area contributed by atoms with E-state index in [1.165, 1.54) is 6.07 Å². The van der Waals surface area contributed by atoms with Gasteiger partial charge in [0.15, 0.2) is 11.0 Å². The van der Waals surface area contributed by atoms with Gasteiger partial charge < -0.3 is 9.09 Å². The van der Waals surface area contributed by atoms with Gasteiger partial charge in [-0.05, 0) is 36.4 Å². The number of hydrogen-bond donors (Lipinski definition) is 0. The van der Waals surface area contributed by atoms with Gasteiger partial charge in [0, 0.05) is 24.8 Å². The lowest BCUT2D eigenvalue weighted by Gasteiger charge is -2.01. The molecule has 0 amide bonds. The molecular formula is C19H18FN5OS2. The minimum absolute atomic E-state index is 0.272. The number of aryl methyl sites for hydroxylation is 2. The zero-order chi connectivity index (χ0) is 19.5. The Morgan fingerprint density at radius 1 is 1.25 bits per heavy atom. The van der Waals surface area contributed by atoms with Gasteiger partial charge in [-0.2, -0.15) is 4.98 Å². The molecule has 0 unspecified atom stereocenters. The first-order valence-electron chi connectivity index (χ1n) is 8.77. The summed E-state index contributed by atoms with van der Waals surface area (Å²) in [5, 5.41) is 15.4. The van der Waals surface area contributed by atoms with Crippen LogP contribution in [0.3, 0.4) is 0 Å². The summed E-state index contributed by atoms with van der Waals surface area (Å²) in [6.07, 6.45) is 1.51. The van der Waals surface area contributed by atoms with Crippen LogP contribution in [0.25, 0.3) is 22.1 Å². The standard InChI is InChI=1S/C19H18FN5OS2/c1-12-7-8-13(11-14(12)20)17-21-16(26-24-17)6-4-10-28-19-23-22-18(25(19)2)15-5-3-9-27-15/h3,5,7-9,11H,4,6,10H2,1-2H3. The van der Waals surface area contributed by atoms with E-state index in [2.05, 4.69) is 20.3 Å². The van der Waals surface area contributed by atoms with Crippen molar-refractivity contribution in [2.45, 2.75) is 24.9 Å². The number of thioether (sulfide) groups is 1. The van der Waals surface area contributed by atoms with Gasteiger partial charge in [-0.3, -0.25) is 0 Å². The number of aromatic nitrogens is 5. The van der Waals surface area contributed by atoms with Crippen molar-refractivity contribution >= 4 is 23.1 Å². The topological polar surface area (TPSA) is 69.6 Å². The van der Waals surface area contributed by atoms with Crippen LogP contribution in [0, 0.1) is 12.7 Å². The fourth-order valence-corrected chi connectivity index (χ4v) is 4.25. The monoisotopic (exact) mass is 415 g/mol. The molecule has 0 aliphatic heterocycles. The van der Waals surface area contributed by atoms with Crippen LogP contribution in [0.2, 0.25) is 0 Å². The van der Waals surface area contributed by atoms with E-state index < -0.39 is 0 Å². The van der Waals surface area contributed by atoms with E-state index in [1.807, 2.05) is 29.1 Å². The highest BCUT2D eigenvalue weighted by Crippen LogP contribution is 2.26. The highest BCUT2D eigenvalue weighted by atomic mass is 32.2. The van der Waals surface area contributed by atoms with Gasteiger partial charge in [-0.25, -0.2) is 4.39 Å². The van der Waals surface area contributed by atoms with Crippen LogP contribution in [0.15, 0.2) is 45.4 Å². The second-order valence-electron chi connectivity index (χ2n) is 6.27. The van der Waals surface area contributed by atoms with Crippen molar-refractivity contribution in [1.82, 2.24) is 24.9 Å². The maximum atomic E-state index is 13.7. The van der Waals surface area contributed by atoms with E-state index in [4.69, 9.17) is 4.52 Å². The Balaban J connectivity index is 1.32. The van der Waals surface area contributed by atoms with Crippen molar-refractivity contribution in [2.75, 3.05) is 5.75 Å². The largest absolute Gasteiger partial charge is 0.339 e. The van der Waals surface area contributed by atoms with Crippen molar-refractivity contribution in [2.24, 2.45) is 7.05 Å². The molecular weight excluding hydrogens is 397 g/mol. The molecule has 144 valence electrons. The number of thiophene rings is 1. The number of halogens is 1. The van der Waals surface area contributed by atoms with Gasteiger partial charge in [0.05, 0.1) is 4.88 Å². The van der Waals surface area contributed by atoms with Crippen LogP contribution in [0.1, 0.15) is 17.9 Å². The van der Waals surface area contributed by atoms with E-state index in [-0.39, 0.29) is 5.82 Å². The van der Waals surface area contributed by atoms with Crippen molar-refractivity contribution in [3.05, 3.63) is 53.0 Å². The molecule has 0 saturated carbocycles. The van der Waals surface area contributed by atoms with Gasteiger partial charge in [-0.15, -0.1) is 21.5 Å². The fourth-order valence-electron chi connectivity index (χ4n) is 2.65. The van der Waals surface area contributed by atoms with Crippen molar-refractivity contribution in [3.63, 3.8) is 0 Å². The average molecular weight is 416 g/mol. The van der Waals surface area contributed by atoms with E-state index in [0.717, 1.165) is 28.0 Å². The smallest absolute Gasteiger partial charge is 0.226 e. The zero-order valence-electron chi connectivity index (χ0n) is 15.4. The lowest BCUT2D eigenvalue weighted by Crippen LogP contribution is -1.95. The molecule has 28 heavy (non-hydrogen) atoms. The van der Waals surface area contributed by atoms with Crippen LogP contribution < -0.4 is 0 Å². The Labute approximate surface area is 169 Å². The van der Waals surface area contributed by atoms with Gasteiger partial charge in [0.25, 0.3) is 0 Å². The summed E-state index contributed by atoms with van der Waals surface area (Å²) in [6.45, 7) is 1.72. The van der Waals surface area contributed by atoms with E-state index >= 15 is 0 Å². The van der Waals surface area contributed by atoms with E-state index in [0.29, 0.717) is 29.3 Å². The third-order valence-corrected chi connectivity index (χ3v) is 6.21. The summed E-state index contributed by atoms with van der Waals surface area (Å²) in [4.78, 5) is 5.47. The Bertz CT molecular complexity index is 1070. The van der Waals surface area contributed by atoms with Crippen LogP contribution >= 0.6 is 23.1 Å². The molecule has 4 rings (SSSR count). The molecule has 0 aliphatic carbocycles. The molecule has 9 heteroatoms. The first-order valence-corrected chi connectivity index (χ1v) is 10.6. The summed E-state index contributed by atoms with van der Waals surface area (Å²) < 4.78 is 21.0. The molecule has 0 saturated heterocycles. The summed E-state index contributed by atoms with van der Waals surface area (Å²) >= 11 is 3.29. The van der Waals surface area contributed by atoms with Crippen molar-refractivity contribution in [3.8, 4) is 22.1 Å². The van der Waals surface area contributed by atoms with Crippen LogP contribution in [-0.2, 0) is 13.5 Å². The van der Waals surface area contributed by atoms with Gasteiger partial charge >= 0.3 is 0 Å². The zero-order valence-corrected chi connectivity index (χ0v) is 17.1. The average Bonchev–Trinajstić information content (AvgIpc) is 3.43. The normalized spacial score (nSPS) is 11.2. The number of hydrogen-bond acceptors (Lipinski definition) is 7. The molecule has 0 radical (unpaired) electrons. The van der Waals surface area contributed by atoms with Crippen molar-refractivity contribution in [1.29, 1.82) is 0 Å². The minimum Gasteiger partial charge on any atom is -0.339 e. The van der Waals surface area contributed by atoms with Crippen molar-refractivity contribution < 1.29 is 8.91 Å². The molecule has 0 N–H and O–H groups in total. The molecule has 6 nitrogen and oxygen atoms in total. The number of nitrogens with zero attached hydrogens (tertiary/aromatic N) is 5. The molecule has 4 aromatic rings. The van der Waals surface area contributed by atoms with Gasteiger partial charge in [0.1, 0.15) is 5.82 Å². The van der Waals surface area contributed by atoms with Gasteiger partial charge in [-0.1, -0.05) is 35.1 Å². The highest BCUT2D eigenvalue weighted by molar-refractivity contribution is 7.99. The molecule has 0 bridgehead atoms. The fraction of sp³-hybridized carbons (Fsp3) is 0.263. The van der Waals surface area contributed by atoms with Crippen LogP contribution in [-0.4, -0.2) is 30.7 Å². The molecule has 0 spiro atoms. The third kappa shape index (κ3) is 4.00. The summed E-state index contributed by atoms with van der Waals surface area (Å²) in [6, 6.07) is 8.98. The lowest BCUT2D eigenvalue weighted by atomic mass is 10.1. The predicted octanol–water partition coefficient (Wildman–Crippen LogP) is 4.77. The summed E-state index contributed by atoms with van der Waals surface area (Å²) in [5.74, 6) is 2.42. The Morgan fingerprint density at radius 2 is 2.14 bits per heavy atom. The van der Waals surface area contributed by atoms with Gasteiger partial charge in [0.2, 0.25) is 11.7 Å². The van der Waals surface area contributed by atoms with E-state index in [1.54, 1.807) is 42.2 Å². The quantitative estimate of drug-likeness (QED) is 0.320. The molecule has 0 fully saturated rings.